The second-order valence-electron chi connectivity index (χ2n) is 4.85. The van der Waals surface area contributed by atoms with Crippen LogP contribution in [0.2, 0.25) is 0 Å². The lowest BCUT2D eigenvalue weighted by molar-refractivity contribution is 0.573. The Kier molecular flexibility index (Phi) is 4.12. The third-order valence-corrected chi connectivity index (χ3v) is 4.64. The Labute approximate surface area is 139 Å². The number of hydrogen-bond acceptors (Lipinski definition) is 3. The maximum Gasteiger partial charge on any atom is 0.0889 e. The van der Waals surface area contributed by atoms with E-state index in [0.717, 1.165) is 20.2 Å². The summed E-state index contributed by atoms with van der Waals surface area (Å²) in [6, 6.07) is 12.4. The normalized spacial score (nSPS) is 12.8. The van der Waals surface area contributed by atoms with Gasteiger partial charge in [0.2, 0.25) is 0 Å². The van der Waals surface area contributed by atoms with Crippen LogP contribution in [0.1, 0.15) is 17.3 Å². The van der Waals surface area contributed by atoms with Crippen molar-refractivity contribution in [2.45, 2.75) is 6.04 Å². The number of nitrogens with zero attached hydrogens (tertiary/aromatic N) is 2. The first-order chi connectivity index (χ1) is 10.1. The Balaban J connectivity index is 2.11. The molecule has 0 amide bonds. The van der Waals surface area contributed by atoms with Crippen molar-refractivity contribution in [2.24, 2.45) is 12.9 Å². The molecule has 1 heterocycles. The van der Waals surface area contributed by atoms with Gasteiger partial charge in [-0.3, -0.25) is 10.5 Å². The van der Waals surface area contributed by atoms with Crippen molar-refractivity contribution in [2.75, 3.05) is 0 Å². The monoisotopic (exact) mass is 408 g/mol. The summed E-state index contributed by atoms with van der Waals surface area (Å²) in [6.07, 6.45) is 1.78. The largest absolute Gasteiger partial charge is 0.271 e. The SMILES string of the molecule is Cn1ncc(Br)c1C(NN)c1ccc2cc(Br)ccc2c1. The summed E-state index contributed by atoms with van der Waals surface area (Å²) in [5.74, 6) is 5.78. The second kappa shape index (κ2) is 5.88. The number of nitrogens with one attached hydrogen (secondary N) is 1. The van der Waals surface area contributed by atoms with Crippen LogP contribution in [0.4, 0.5) is 0 Å². The number of aromatic nitrogens is 2. The zero-order chi connectivity index (χ0) is 15.0. The van der Waals surface area contributed by atoms with Gasteiger partial charge < -0.3 is 0 Å². The summed E-state index contributed by atoms with van der Waals surface area (Å²) in [5.41, 5.74) is 4.97. The molecule has 0 saturated carbocycles. The fraction of sp³-hybridized carbons (Fsp3) is 0.133. The van der Waals surface area contributed by atoms with Crippen LogP contribution >= 0.6 is 31.9 Å². The number of rotatable bonds is 3. The van der Waals surface area contributed by atoms with Gasteiger partial charge in [-0.25, -0.2) is 5.43 Å². The predicted octanol–water partition coefficient (Wildman–Crippen LogP) is 3.65. The van der Waals surface area contributed by atoms with Crippen LogP contribution < -0.4 is 11.3 Å². The van der Waals surface area contributed by atoms with E-state index in [0.29, 0.717) is 0 Å². The summed E-state index contributed by atoms with van der Waals surface area (Å²) < 4.78 is 3.83. The summed E-state index contributed by atoms with van der Waals surface area (Å²) in [6.45, 7) is 0. The van der Waals surface area contributed by atoms with Crippen LogP contribution in [-0.2, 0) is 7.05 Å². The van der Waals surface area contributed by atoms with Gasteiger partial charge in [0.25, 0.3) is 0 Å². The first-order valence-electron chi connectivity index (χ1n) is 6.43. The Morgan fingerprint density at radius 2 is 1.86 bits per heavy atom. The molecule has 0 aliphatic rings. The van der Waals surface area contributed by atoms with Crippen LogP contribution in [0, 0.1) is 0 Å². The number of halogens is 2. The summed E-state index contributed by atoms with van der Waals surface area (Å²) >= 11 is 7.02. The van der Waals surface area contributed by atoms with Crippen LogP contribution in [0.15, 0.2) is 51.5 Å². The molecule has 3 aromatic rings. The highest BCUT2D eigenvalue weighted by atomic mass is 79.9. The maximum atomic E-state index is 5.78. The van der Waals surface area contributed by atoms with Crippen molar-refractivity contribution in [1.82, 2.24) is 15.2 Å². The number of nitrogens with two attached hydrogens (primary N) is 1. The van der Waals surface area contributed by atoms with Crippen molar-refractivity contribution in [3.63, 3.8) is 0 Å². The van der Waals surface area contributed by atoms with Gasteiger partial charge in [0.05, 0.1) is 22.4 Å². The predicted molar refractivity (Wildman–Crippen MR) is 91.7 cm³/mol. The van der Waals surface area contributed by atoms with Gasteiger partial charge in [-0.1, -0.05) is 34.1 Å². The summed E-state index contributed by atoms with van der Waals surface area (Å²) in [7, 11) is 1.91. The molecule has 2 aromatic carbocycles. The number of hydrazine groups is 1. The van der Waals surface area contributed by atoms with Crippen molar-refractivity contribution in [3.8, 4) is 0 Å². The van der Waals surface area contributed by atoms with Crippen molar-refractivity contribution < 1.29 is 0 Å². The van der Waals surface area contributed by atoms with Gasteiger partial charge in [-0.2, -0.15) is 5.10 Å². The topological polar surface area (TPSA) is 55.9 Å². The van der Waals surface area contributed by atoms with Gasteiger partial charge in [-0.05, 0) is 50.5 Å². The van der Waals surface area contributed by atoms with Crippen molar-refractivity contribution in [1.29, 1.82) is 0 Å². The van der Waals surface area contributed by atoms with E-state index in [1.165, 1.54) is 10.8 Å². The highest BCUT2D eigenvalue weighted by Gasteiger charge is 2.19. The lowest BCUT2D eigenvalue weighted by Gasteiger charge is -2.18. The maximum absolute atomic E-state index is 5.78. The average Bonchev–Trinajstić information content (AvgIpc) is 2.80. The van der Waals surface area contributed by atoms with Gasteiger partial charge in [-0.15, -0.1) is 0 Å². The minimum absolute atomic E-state index is 0.125. The van der Waals surface area contributed by atoms with Gasteiger partial charge >= 0.3 is 0 Å². The molecule has 0 radical (unpaired) electrons. The highest BCUT2D eigenvalue weighted by molar-refractivity contribution is 9.10. The molecule has 0 fully saturated rings. The zero-order valence-electron chi connectivity index (χ0n) is 11.3. The molecular weight excluding hydrogens is 396 g/mol. The van der Waals surface area contributed by atoms with E-state index in [1.807, 2.05) is 17.8 Å². The minimum Gasteiger partial charge on any atom is -0.271 e. The van der Waals surface area contributed by atoms with E-state index < -0.39 is 0 Å². The standard InChI is InChI=1S/C15H14Br2N4/c1-21-15(13(17)8-19-21)14(20-18)11-3-2-10-7-12(16)5-4-9(10)6-11/h2-8,14,20H,18H2,1H3. The minimum atomic E-state index is -0.125. The molecule has 4 nitrogen and oxygen atoms in total. The van der Waals surface area contributed by atoms with Crippen LogP contribution in [0.3, 0.4) is 0 Å². The fourth-order valence-electron chi connectivity index (χ4n) is 2.49. The molecule has 21 heavy (non-hydrogen) atoms. The van der Waals surface area contributed by atoms with Crippen LogP contribution in [-0.4, -0.2) is 9.78 Å². The summed E-state index contributed by atoms with van der Waals surface area (Å²) in [5, 5.41) is 6.62. The number of hydrogen-bond donors (Lipinski definition) is 2. The molecule has 0 spiro atoms. The van der Waals surface area contributed by atoms with E-state index in [9.17, 15) is 0 Å². The molecule has 1 atom stereocenters. The Hall–Kier alpha value is -1.21. The molecule has 6 heteroatoms. The second-order valence-corrected chi connectivity index (χ2v) is 6.62. The third-order valence-electron chi connectivity index (χ3n) is 3.54. The molecule has 0 aliphatic carbocycles. The molecule has 3 N–H and O–H groups in total. The molecule has 1 unspecified atom stereocenters. The quantitative estimate of drug-likeness (QED) is 0.512. The fourth-order valence-corrected chi connectivity index (χ4v) is 3.45. The van der Waals surface area contributed by atoms with Crippen molar-refractivity contribution in [3.05, 3.63) is 62.8 Å². The first-order valence-corrected chi connectivity index (χ1v) is 8.01. The van der Waals surface area contributed by atoms with Gasteiger partial charge in [0.15, 0.2) is 0 Å². The average molecular weight is 410 g/mol. The van der Waals surface area contributed by atoms with E-state index in [1.54, 1.807) is 6.20 Å². The number of aryl methyl sites for hydroxylation is 1. The number of benzene rings is 2. The number of fused-ring (bicyclic) bond motifs is 1. The molecule has 0 bridgehead atoms. The Morgan fingerprint density at radius 3 is 2.52 bits per heavy atom. The van der Waals surface area contributed by atoms with Gasteiger partial charge in [0.1, 0.15) is 0 Å². The van der Waals surface area contributed by atoms with Crippen LogP contribution in [0.25, 0.3) is 10.8 Å². The molecule has 0 aliphatic heterocycles. The lowest BCUT2D eigenvalue weighted by atomic mass is 10.00. The summed E-state index contributed by atoms with van der Waals surface area (Å²) in [4.78, 5) is 0. The third kappa shape index (κ3) is 2.76. The van der Waals surface area contributed by atoms with E-state index >= 15 is 0 Å². The molecule has 0 saturated heterocycles. The molecule has 108 valence electrons. The van der Waals surface area contributed by atoms with E-state index in [4.69, 9.17) is 5.84 Å². The van der Waals surface area contributed by atoms with E-state index in [-0.39, 0.29) is 6.04 Å². The zero-order valence-corrected chi connectivity index (χ0v) is 14.5. The Bertz CT molecular complexity index is 778. The van der Waals surface area contributed by atoms with Gasteiger partial charge in [0, 0.05) is 11.5 Å². The van der Waals surface area contributed by atoms with Crippen molar-refractivity contribution >= 4 is 42.6 Å². The molecule has 1 aromatic heterocycles. The smallest absolute Gasteiger partial charge is 0.0889 e. The first kappa shape index (κ1) is 14.7. The van der Waals surface area contributed by atoms with Crippen LogP contribution in [0.5, 0.6) is 0 Å². The molecular formula is C15H14Br2N4. The highest BCUT2D eigenvalue weighted by Crippen LogP contribution is 2.30. The Morgan fingerprint density at radius 1 is 1.14 bits per heavy atom. The lowest BCUT2D eigenvalue weighted by Crippen LogP contribution is -2.30. The van der Waals surface area contributed by atoms with E-state index in [2.05, 4.69) is 72.7 Å². The molecule has 3 rings (SSSR count).